The fourth-order valence-corrected chi connectivity index (χ4v) is 6.69. The molecule has 9 heteroatoms. The van der Waals surface area contributed by atoms with Crippen molar-refractivity contribution in [3.05, 3.63) is 72.9 Å². The van der Waals surface area contributed by atoms with Crippen molar-refractivity contribution >= 4 is 5.97 Å². The van der Waals surface area contributed by atoms with Gasteiger partial charge in [0, 0.05) is 13.0 Å². The van der Waals surface area contributed by atoms with Crippen molar-refractivity contribution in [3.8, 4) is 0 Å². The van der Waals surface area contributed by atoms with E-state index in [1.165, 1.54) is 57.8 Å². The highest BCUT2D eigenvalue weighted by molar-refractivity contribution is 5.69. The molecule has 6 unspecified atom stereocenters. The second kappa shape index (κ2) is 41.0. The van der Waals surface area contributed by atoms with Crippen LogP contribution in [0.2, 0.25) is 0 Å². The van der Waals surface area contributed by atoms with Gasteiger partial charge in [-0.2, -0.15) is 0 Å². The summed E-state index contributed by atoms with van der Waals surface area (Å²) in [6.07, 6.45) is 46.4. The molecule has 340 valence electrons. The van der Waals surface area contributed by atoms with Crippen molar-refractivity contribution in [3.63, 3.8) is 0 Å². The van der Waals surface area contributed by atoms with Gasteiger partial charge in [-0.05, 0) is 83.5 Å². The molecule has 0 amide bonds. The van der Waals surface area contributed by atoms with Gasteiger partial charge >= 0.3 is 5.97 Å². The quantitative estimate of drug-likeness (QED) is 0.0271. The van der Waals surface area contributed by atoms with Gasteiger partial charge in [0.25, 0.3) is 0 Å². The zero-order valence-corrected chi connectivity index (χ0v) is 37.2. The number of esters is 1. The molecule has 59 heavy (non-hydrogen) atoms. The number of unbranched alkanes of at least 4 members (excludes halogenated alkanes) is 16. The summed E-state index contributed by atoms with van der Waals surface area (Å²) < 4.78 is 22.8. The molecule has 0 aliphatic carbocycles. The molecular weight excluding hydrogens is 745 g/mol. The summed E-state index contributed by atoms with van der Waals surface area (Å²) >= 11 is 0. The van der Waals surface area contributed by atoms with Crippen LogP contribution in [0, 0.1) is 0 Å². The average Bonchev–Trinajstić information content (AvgIpc) is 3.24. The van der Waals surface area contributed by atoms with Crippen LogP contribution in [0.15, 0.2) is 72.9 Å². The first-order chi connectivity index (χ1) is 28.9. The van der Waals surface area contributed by atoms with Gasteiger partial charge in [0.05, 0.1) is 19.8 Å². The van der Waals surface area contributed by atoms with Gasteiger partial charge in [0.1, 0.15) is 30.5 Å². The second-order valence-electron chi connectivity index (χ2n) is 15.8. The Balaban J connectivity index is 2.26. The smallest absolute Gasteiger partial charge is 0.306 e. The van der Waals surface area contributed by atoms with Gasteiger partial charge in [0.2, 0.25) is 0 Å². The van der Waals surface area contributed by atoms with Crippen molar-refractivity contribution in [2.24, 2.45) is 0 Å². The van der Waals surface area contributed by atoms with Gasteiger partial charge in [-0.15, -0.1) is 0 Å². The molecule has 0 aromatic heterocycles. The first kappa shape index (κ1) is 54.6. The van der Waals surface area contributed by atoms with Crippen molar-refractivity contribution < 1.29 is 44.2 Å². The minimum atomic E-state index is -1.54. The van der Waals surface area contributed by atoms with Gasteiger partial charge in [0.15, 0.2) is 6.29 Å². The van der Waals surface area contributed by atoms with Gasteiger partial charge in [-0.3, -0.25) is 4.79 Å². The molecule has 1 saturated heterocycles. The lowest BCUT2D eigenvalue weighted by Crippen LogP contribution is -2.59. The molecule has 4 N–H and O–H groups in total. The summed E-state index contributed by atoms with van der Waals surface area (Å²) in [6.45, 7) is 4.38. The molecule has 1 fully saturated rings. The standard InChI is InChI=1S/C50H86O9/c1-3-5-7-9-11-13-15-17-19-20-21-22-23-24-25-26-28-30-32-34-36-38-40-56-42-44(43-57-50-49(55)48(54)47(53)45(41-51)59-50)58-46(52)39-37-35-33-31-29-27-18-16-14-12-10-8-6-4-2/h5,7,11,13,16-19,21-22,24-25,44-45,47-51,53-55H,3-4,6,8-10,12,14-15,20,23,26-43H2,1-2H3/b7-5-,13-11-,18-16-,19-17-,22-21-,25-24-. The molecule has 1 heterocycles. The minimum absolute atomic E-state index is 0.126. The molecule has 0 spiro atoms. The summed E-state index contributed by atoms with van der Waals surface area (Å²) in [5, 5.41) is 40.1. The van der Waals surface area contributed by atoms with Gasteiger partial charge in [-0.25, -0.2) is 0 Å². The lowest BCUT2D eigenvalue weighted by molar-refractivity contribution is -0.305. The van der Waals surface area contributed by atoms with Crippen LogP contribution in [0.5, 0.6) is 0 Å². The summed E-state index contributed by atoms with van der Waals surface area (Å²) in [5.41, 5.74) is 0. The number of aliphatic hydroxyl groups excluding tert-OH is 4. The van der Waals surface area contributed by atoms with E-state index in [0.717, 1.165) is 96.3 Å². The van der Waals surface area contributed by atoms with E-state index in [2.05, 4.69) is 86.8 Å². The Hall–Kier alpha value is -2.37. The largest absolute Gasteiger partial charge is 0.457 e. The third kappa shape index (κ3) is 32.1. The third-order valence-corrected chi connectivity index (χ3v) is 10.4. The van der Waals surface area contributed by atoms with Crippen LogP contribution < -0.4 is 0 Å². The lowest BCUT2D eigenvalue weighted by Gasteiger charge is -2.39. The van der Waals surface area contributed by atoms with E-state index >= 15 is 0 Å². The van der Waals surface area contributed by atoms with Crippen LogP contribution in [-0.4, -0.2) is 89.6 Å². The van der Waals surface area contributed by atoms with E-state index in [-0.39, 0.29) is 19.2 Å². The van der Waals surface area contributed by atoms with E-state index in [0.29, 0.717) is 13.0 Å². The van der Waals surface area contributed by atoms with Crippen molar-refractivity contribution in [2.75, 3.05) is 26.4 Å². The summed E-state index contributed by atoms with van der Waals surface area (Å²) in [5.74, 6) is -0.331. The number of allylic oxidation sites excluding steroid dienone is 12. The Morgan fingerprint density at radius 2 is 1.03 bits per heavy atom. The normalized spacial score (nSPS) is 20.8. The highest BCUT2D eigenvalue weighted by Crippen LogP contribution is 2.22. The highest BCUT2D eigenvalue weighted by atomic mass is 16.7. The van der Waals surface area contributed by atoms with Crippen molar-refractivity contribution in [1.29, 1.82) is 0 Å². The monoisotopic (exact) mass is 831 g/mol. The first-order valence-corrected chi connectivity index (χ1v) is 23.5. The number of carbonyl (C=O) groups is 1. The van der Waals surface area contributed by atoms with E-state index in [9.17, 15) is 25.2 Å². The first-order valence-electron chi connectivity index (χ1n) is 23.5. The number of hydrogen-bond acceptors (Lipinski definition) is 9. The van der Waals surface area contributed by atoms with Crippen LogP contribution in [-0.2, 0) is 23.7 Å². The topological polar surface area (TPSA) is 135 Å². The molecule has 0 bridgehead atoms. The predicted octanol–water partition coefficient (Wildman–Crippen LogP) is 10.9. The fraction of sp³-hybridized carbons (Fsp3) is 0.740. The van der Waals surface area contributed by atoms with E-state index < -0.39 is 43.4 Å². The maximum Gasteiger partial charge on any atom is 0.306 e. The zero-order chi connectivity index (χ0) is 42.9. The molecule has 1 aliphatic rings. The maximum absolute atomic E-state index is 12.8. The zero-order valence-electron chi connectivity index (χ0n) is 37.2. The van der Waals surface area contributed by atoms with E-state index in [4.69, 9.17) is 18.9 Å². The predicted molar refractivity (Wildman–Crippen MR) is 242 cm³/mol. The summed E-state index contributed by atoms with van der Waals surface area (Å²) in [6, 6.07) is 0. The Labute approximate surface area is 359 Å². The fourth-order valence-electron chi connectivity index (χ4n) is 6.69. The minimum Gasteiger partial charge on any atom is -0.457 e. The molecule has 1 rings (SSSR count). The van der Waals surface area contributed by atoms with Crippen molar-refractivity contribution in [2.45, 2.75) is 211 Å². The average molecular weight is 831 g/mol. The molecule has 0 aromatic carbocycles. The Morgan fingerprint density at radius 1 is 0.559 bits per heavy atom. The van der Waals surface area contributed by atoms with Crippen LogP contribution >= 0.6 is 0 Å². The molecule has 9 nitrogen and oxygen atoms in total. The number of carbonyl (C=O) groups excluding carboxylic acids is 1. The Kier molecular flexibility index (Phi) is 38.0. The summed E-state index contributed by atoms with van der Waals surface area (Å²) in [7, 11) is 0. The molecule has 6 atom stereocenters. The van der Waals surface area contributed by atoms with E-state index in [1.807, 2.05) is 0 Å². The van der Waals surface area contributed by atoms with Crippen LogP contribution in [0.4, 0.5) is 0 Å². The number of aliphatic hydroxyl groups is 4. The van der Waals surface area contributed by atoms with Gasteiger partial charge < -0.3 is 39.4 Å². The van der Waals surface area contributed by atoms with Crippen LogP contribution in [0.1, 0.15) is 174 Å². The Bertz CT molecular complexity index is 1130. The van der Waals surface area contributed by atoms with Crippen LogP contribution in [0.25, 0.3) is 0 Å². The molecule has 0 saturated carbocycles. The third-order valence-electron chi connectivity index (χ3n) is 10.4. The van der Waals surface area contributed by atoms with Crippen LogP contribution in [0.3, 0.4) is 0 Å². The number of rotatable bonds is 39. The summed E-state index contributed by atoms with van der Waals surface area (Å²) in [4.78, 5) is 12.8. The lowest BCUT2D eigenvalue weighted by atomic mass is 9.99. The molecule has 1 aliphatic heterocycles. The van der Waals surface area contributed by atoms with Gasteiger partial charge in [-0.1, -0.05) is 157 Å². The second-order valence-corrected chi connectivity index (χ2v) is 15.8. The molecule has 0 radical (unpaired) electrons. The number of hydrogen-bond donors (Lipinski definition) is 4. The Morgan fingerprint density at radius 3 is 1.58 bits per heavy atom. The maximum atomic E-state index is 12.8. The molecule has 0 aromatic rings. The van der Waals surface area contributed by atoms with Crippen molar-refractivity contribution in [1.82, 2.24) is 0 Å². The van der Waals surface area contributed by atoms with E-state index in [1.54, 1.807) is 0 Å². The highest BCUT2D eigenvalue weighted by Gasteiger charge is 2.44. The molecular formula is C50H86O9. The SMILES string of the molecule is CC/C=C\C/C=C\C/C=C\C/C=C\C/C=C\CCCCCCCCOCC(COC1OC(CO)C(O)C(O)C1O)OC(=O)CCCCCCC/C=C\CCCCCCC. The number of ether oxygens (including phenoxy) is 4.